The molecule has 5 nitrogen and oxygen atoms in total. The summed E-state index contributed by atoms with van der Waals surface area (Å²) in [6, 6.07) is 7.34. The Morgan fingerprint density at radius 3 is 2.94 bits per heavy atom. The third kappa shape index (κ3) is 2.37. The van der Waals surface area contributed by atoms with Gasteiger partial charge in [-0.15, -0.1) is 0 Å². The van der Waals surface area contributed by atoms with Gasteiger partial charge in [-0.2, -0.15) is 0 Å². The monoisotopic (exact) mass is 248 g/mol. The number of benzene rings is 1. The summed E-state index contributed by atoms with van der Waals surface area (Å²) in [7, 11) is 0. The van der Waals surface area contributed by atoms with E-state index in [1.54, 1.807) is 0 Å². The van der Waals surface area contributed by atoms with E-state index >= 15 is 0 Å². The number of hydrogen-bond donors (Lipinski definition) is 2. The summed E-state index contributed by atoms with van der Waals surface area (Å²) in [4.78, 5) is 11.8. The number of carbonyl (C=O) groups excluding carboxylic acids is 1. The number of nitrogens with one attached hydrogen (secondary N) is 1. The van der Waals surface area contributed by atoms with Crippen LogP contribution in [0.4, 0.5) is 0 Å². The fraction of sp³-hybridized carbons (Fsp3) is 0.308. The number of hydrogen-bond acceptors (Lipinski definition) is 4. The van der Waals surface area contributed by atoms with E-state index in [2.05, 4.69) is 5.43 Å². The van der Waals surface area contributed by atoms with E-state index in [0.717, 1.165) is 11.8 Å². The molecule has 2 rings (SSSR count). The molecule has 1 amide bonds. The van der Waals surface area contributed by atoms with Crippen molar-refractivity contribution in [3.63, 3.8) is 0 Å². The second kappa shape index (κ2) is 5.66. The number of fused-ring (bicyclic) bond motifs is 1. The van der Waals surface area contributed by atoms with Crippen LogP contribution in [0.1, 0.15) is 29.5 Å². The molecule has 1 aromatic heterocycles. The molecule has 0 unspecified atom stereocenters. The van der Waals surface area contributed by atoms with Gasteiger partial charge in [-0.25, -0.2) is 5.84 Å². The Morgan fingerprint density at radius 2 is 2.22 bits per heavy atom. The van der Waals surface area contributed by atoms with Crippen LogP contribution < -0.4 is 11.3 Å². The summed E-state index contributed by atoms with van der Waals surface area (Å²) in [5.41, 5.74) is 3.24. The van der Waals surface area contributed by atoms with Crippen LogP contribution in [0.15, 0.2) is 28.7 Å². The van der Waals surface area contributed by atoms with Gasteiger partial charge in [0.15, 0.2) is 0 Å². The summed E-state index contributed by atoms with van der Waals surface area (Å²) in [6.07, 6.45) is 0.915. The van der Waals surface area contributed by atoms with Gasteiger partial charge in [0, 0.05) is 12.0 Å². The Bertz CT molecular complexity index is 548. The molecule has 18 heavy (non-hydrogen) atoms. The highest BCUT2D eigenvalue weighted by Gasteiger charge is 2.19. The third-order valence-electron chi connectivity index (χ3n) is 2.61. The molecular formula is C13H16N2O3. The molecular weight excluding hydrogens is 232 g/mol. The van der Waals surface area contributed by atoms with Gasteiger partial charge in [0.1, 0.15) is 18.0 Å². The number of furan rings is 1. The van der Waals surface area contributed by atoms with Crippen molar-refractivity contribution in [1.29, 1.82) is 0 Å². The first-order valence-electron chi connectivity index (χ1n) is 5.87. The predicted molar refractivity (Wildman–Crippen MR) is 67.8 cm³/mol. The molecule has 96 valence electrons. The van der Waals surface area contributed by atoms with Crippen molar-refractivity contribution in [2.45, 2.75) is 20.0 Å². The van der Waals surface area contributed by atoms with Crippen molar-refractivity contribution in [2.75, 3.05) is 6.61 Å². The Kier molecular flexibility index (Phi) is 3.96. The highest BCUT2D eigenvalue weighted by atomic mass is 16.5. The number of ether oxygens (including phenoxy) is 1. The minimum absolute atomic E-state index is 0.269. The van der Waals surface area contributed by atoms with Gasteiger partial charge in [-0.05, 0) is 12.5 Å². The molecule has 3 N–H and O–H groups in total. The van der Waals surface area contributed by atoms with Crippen molar-refractivity contribution in [3.05, 3.63) is 35.6 Å². The van der Waals surface area contributed by atoms with E-state index < -0.39 is 0 Å². The smallest absolute Gasteiger partial charge is 0.269 e. The van der Waals surface area contributed by atoms with Crippen LogP contribution in [0.5, 0.6) is 0 Å². The maximum atomic E-state index is 11.8. The molecule has 0 fully saturated rings. The van der Waals surface area contributed by atoms with Gasteiger partial charge in [0.05, 0.1) is 5.56 Å². The SMILES string of the molecule is CCCOCc1oc2ccccc2c1C(=O)NN. The van der Waals surface area contributed by atoms with Crippen molar-refractivity contribution < 1.29 is 13.9 Å². The average molecular weight is 248 g/mol. The first-order valence-corrected chi connectivity index (χ1v) is 5.87. The molecule has 1 aromatic carbocycles. The normalized spacial score (nSPS) is 10.8. The van der Waals surface area contributed by atoms with Gasteiger partial charge in [-0.1, -0.05) is 25.1 Å². The predicted octanol–water partition coefficient (Wildman–Crippen LogP) is 1.96. The zero-order chi connectivity index (χ0) is 13.0. The zero-order valence-corrected chi connectivity index (χ0v) is 10.2. The molecule has 0 atom stereocenters. The van der Waals surface area contributed by atoms with Gasteiger partial charge < -0.3 is 9.15 Å². The number of carbonyl (C=O) groups is 1. The molecule has 0 aliphatic rings. The highest BCUT2D eigenvalue weighted by molar-refractivity contribution is 6.06. The molecule has 0 spiro atoms. The molecule has 0 saturated carbocycles. The lowest BCUT2D eigenvalue weighted by Gasteiger charge is -2.02. The summed E-state index contributed by atoms with van der Waals surface area (Å²) in [5, 5.41) is 0.746. The van der Waals surface area contributed by atoms with E-state index in [9.17, 15) is 4.79 Å². The second-order valence-corrected chi connectivity index (χ2v) is 3.92. The van der Waals surface area contributed by atoms with Crippen LogP contribution >= 0.6 is 0 Å². The minimum Gasteiger partial charge on any atom is -0.458 e. The van der Waals surface area contributed by atoms with Crippen molar-refractivity contribution in [2.24, 2.45) is 5.84 Å². The number of nitrogen functional groups attached to an aromatic ring is 1. The van der Waals surface area contributed by atoms with Gasteiger partial charge in [0.25, 0.3) is 5.91 Å². The van der Waals surface area contributed by atoms with Crippen LogP contribution in [0.25, 0.3) is 11.0 Å². The van der Waals surface area contributed by atoms with Gasteiger partial charge >= 0.3 is 0 Å². The lowest BCUT2D eigenvalue weighted by Crippen LogP contribution is -2.30. The molecule has 2 aromatic rings. The van der Waals surface area contributed by atoms with Crippen molar-refractivity contribution in [3.8, 4) is 0 Å². The molecule has 1 heterocycles. The Labute approximate surface area is 105 Å². The quantitative estimate of drug-likeness (QED) is 0.367. The largest absolute Gasteiger partial charge is 0.458 e. The number of amides is 1. The van der Waals surface area contributed by atoms with E-state index in [-0.39, 0.29) is 12.5 Å². The lowest BCUT2D eigenvalue weighted by molar-refractivity contribution is 0.0922. The van der Waals surface area contributed by atoms with Crippen molar-refractivity contribution in [1.82, 2.24) is 5.43 Å². The summed E-state index contributed by atoms with van der Waals surface area (Å²) >= 11 is 0. The lowest BCUT2D eigenvalue weighted by atomic mass is 10.1. The summed E-state index contributed by atoms with van der Waals surface area (Å²) in [5.74, 6) is 5.34. The van der Waals surface area contributed by atoms with Crippen LogP contribution in [-0.4, -0.2) is 12.5 Å². The number of rotatable bonds is 5. The molecule has 0 aliphatic heterocycles. The van der Waals surface area contributed by atoms with Crippen LogP contribution in [-0.2, 0) is 11.3 Å². The molecule has 5 heteroatoms. The Balaban J connectivity index is 2.40. The first kappa shape index (κ1) is 12.6. The third-order valence-corrected chi connectivity index (χ3v) is 2.61. The van der Waals surface area contributed by atoms with Crippen LogP contribution in [0, 0.1) is 0 Å². The van der Waals surface area contributed by atoms with Gasteiger partial charge in [0.2, 0.25) is 0 Å². The first-order chi connectivity index (χ1) is 8.77. The van der Waals surface area contributed by atoms with E-state index in [4.69, 9.17) is 15.0 Å². The maximum Gasteiger partial charge on any atom is 0.269 e. The number of hydrazine groups is 1. The van der Waals surface area contributed by atoms with Crippen LogP contribution in [0.3, 0.4) is 0 Å². The zero-order valence-electron chi connectivity index (χ0n) is 10.2. The highest BCUT2D eigenvalue weighted by Crippen LogP contribution is 2.26. The van der Waals surface area contributed by atoms with E-state index in [0.29, 0.717) is 23.5 Å². The second-order valence-electron chi connectivity index (χ2n) is 3.92. The molecule has 0 aliphatic carbocycles. The van der Waals surface area contributed by atoms with E-state index in [1.165, 1.54) is 0 Å². The maximum absolute atomic E-state index is 11.8. The van der Waals surface area contributed by atoms with Crippen molar-refractivity contribution >= 4 is 16.9 Å². The summed E-state index contributed by atoms with van der Waals surface area (Å²) in [6.45, 7) is 2.91. The Morgan fingerprint density at radius 1 is 1.44 bits per heavy atom. The molecule has 0 bridgehead atoms. The van der Waals surface area contributed by atoms with E-state index in [1.807, 2.05) is 31.2 Å². The summed E-state index contributed by atoms with van der Waals surface area (Å²) < 4.78 is 11.0. The minimum atomic E-state index is -0.366. The standard InChI is InChI=1S/C13H16N2O3/c1-2-7-17-8-11-12(13(16)15-14)9-5-3-4-6-10(9)18-11/h3-6H,2,7-8,14H2,1H3,(H,15,16). The van der Waals surface area contributed by atoms with Gasteiger partial charge in [-0.3, -0.25) is 10.2 Å². The fourth-order valence-corrected chi connectivity index (χ4v) is 1.83. The Hall–Kier alpha value is -1.85. The number of para-hydroxylation sites is 1. The topological polar surface area (TPSA) is 77.5 Å². The number of nitrogens with two attached hydrogens (primary N) is 1. The molecule has 0 radical (unpaired) electrons. The average Bonchev–Trinajstić information content (AvgIpc) is 2.76. The molecule has 0 saturated heterocycles. The fourth-order valence-electron chi connectivity index (χ4n) is 1.83. The van der Waals surface area contributed by atoms with Crippen LogP contribution in [0.2, 0.25) is 0 Å².